The van der Waals surface area contributed by atoms with Gasteiger partial charge in [0.05, 0.1) is 0 Å². The molecular formula is C20H18N6. The number of benzene rings is 2. The van der Waals surface area contributed by atoms with Crippen LogP contribution < -0.4 is 10.6 Å². The fourth-order valence-corrected chi connectivity index (χ4v) is 2.84. The quantitative estimate of drug-likeness (QED) is 0.568. The first-order valence-corrected chi connectivity index (χ1v) is 8.33. The summed E-state index contributed by atoms with van der Waals surface area (Å²) < 4.78 is 0. The van der Waals surface area contributed by atoms with Crippen molar-refractivity contribution >= 4 is 34.3 Å². The molecule has 0 unspecified atom stereocenters. The fraction of sp³-hybridized carbons (Fsp3) is 0.100. The number of hydrogen-bond acceptors (Lipinski definition) is 6. The topological polar surface area (TPSA) is 75.6 Å². The minimum absolute atomic E-state index is 0.474. The molecule has 2 heterocycles. The number of anilines is 4. The molecule has 26 heavy (non-hydrogen) atoms. The molecule has 128 valence electrons. The molecule has 2 aromatic heterocycles. The number of fused-ring (bicyclic) bond motifs is 1. The van der Waals surface area contributed by atoms with Crippen molar-refractivity contribution in [3.05, 3.63) is 72.1 Å². The summed E-state index contributed by atoms with van der Waals surface area (Å²) in [4.78, 5) is 17.8. The maximum Gasteiger partial charge on any atom is 0.231 e. The number of aryl methyl sites for hydroxylation is 2. The number of aromatic nitrogens is 4. The van der Waals surface area contributed by atoms with Crippen LogP contribution in [0, 0.1) is 13.8 Å². The van der Waals surface area contributed by atoms with Gasteiger partial charge in [-0.25, -0.2) is 9.97 Å². The fourth-order valence-electron chi connectivity index (χ4n) is 2.84. The first-order valence-electron chi connectivity index (χ1n) is 8.33. The smallest absolute Gasteiger partial charge is 0.231 e. The Balaban J connectivity index is 1.75. The number of rotatable bonds is 4. The molecule has 6 nitrogen and oxygen atoms in total. The summed E-state index contributed by atoms with van der Waals surface area (Å²) >= 11 is 0. The molecule has 0 saturated carbocycles. The van der Waals surface area contributed by atoms with Crippen LogP contribution in [0.3, 0.4) is 0 Å². The lowest BCUT2D eigenvalue weighted by Crippen LogP contribution is -2.04. The van der Waals surface area contributed by atoms with Gasteiger partial charge in [-0.2, -0.15) is 9.97 Å². The monoisotopic (exact) mass is 342 g/mol. The molecule has 0 fully saturated rings. The average Bonchev–Trinajstić information content (AvgIpc) is 2.62. The zero-order valence-electron chi connectivity index (χ0n) is 14.6. The lowest BCUT2D eigenvalue weighted by Gasteiger charge is -2.11. The Labute approximate surface area is 151 Å². The van der Waals surface area contributed by atoms with E-state index >= 15 is 0 Å². The summed E-state index contributed by atoms with van der Waals surface area (Å²) in [6.07, 6.45) is 3.26. The van der Waals surface area contributed by atoms with Gasteiger partial charge in [0.25, 0.3) is 0 Å². The minimum atomic E-state index is 0.474. The second-order valence-electron chi connectivity index (χ2n) is 6.12. The Morgan fingerprint density at radius 1 is 0.731 bits per heavy atom. The second kappa shape index (κ2) is 6.76. The van der Waals surface area contributed by atoms with Crippen molar-refractivity contribution in [1.29, 1.82) is 0 Å². The molecule has 0 saturated heterocycles. The van der Waals surface area contributed by atoms with Crippen molar-refractivity contribution in [3.8, 4) is 0 Å². The number of para-hydroxylation sites is 1. The molecule has 0 aliphatic rings. The van der Waals surface area contributed by atoms with Crippen LogP contribution in [-0.4, -0.2) is 19.9 Å². The van der Waals surface area contributed by atoms with E-state index in [4.69, 9.17) is 0 Å². The van der Waals surface area contributed by atoms with Gasteiger partial charge < -0.3 is 10.6 Å². The summed E-state index contributed by atoms with van der Waals surface area (Å²) in [5.74, 6) is 1.09. The van der Waals surface area contributed by atoms with Crippen LogP contribution >= 0.6 is 0 Å². The predicted octanol–water partition coefficient (Wildman–Crippen LogP) is 4.52. The van der Waals surface area contributed by atoms with Crippen LogP contribution in [0.1, 0.15) is 11.1 Å². The van der Waals surface area contributed by atoms with Crippen molar-refractivity contribution in [2.24, 2.45) is 0 Å². The third kappa shape index (κ3) is 3.44. The summed E-state index contributed by atoms with van der Waals surface area (Å²) in [7, 11) is 0. The van der Waals surface area contributed by atoms with E-state index in [1.54, 1.807) is 12.4 Å². The molecule has 0 amide bonds. The summed E-state index contributed by atoms with van der Waals surface area (Å²) in [6.45, 7) is 4.13. The largest absolute Gasteiger partial charge is 0.338 e. The van der Waals surface area contributed by atoms with Crippen molar-refractivity contribution in [3.63, 3.8) is 0 Å². The zero-order chi connectivity index (χ0) is 17.9. The Kier molecular flexibility index (Phi) is 4.15. The Hall–Kier alpha value is -3.54. The first-order chi connectivity index (χ1) is 12.7. The maximum atomic E-state index is 4.61. The summed E-state index contributed by atoms with van der Waals surface area (Å²) in [6, 6.07) is 16.1. The van der Waals surface area contributed by atoms with Gasteiger partial charge in [-0.3, -0.25) is 0 Å². The zero-order valence-corrected chi connectivity index (χ0v) is 14.6. The SMILES string of the molecule is Cc1cc(C)cc(Nc2nc(Nc3ccccc3)c3nccnc3n2)c1. The molecule has 2 aromatic carbocycles. The Bertz CT molecular complexity index is 1040. The highest BCUT2D eigenvalue weighted by Crippen LogP contribution is 2.24. The van der Waals surface area contributed by atoms with Gasteiger partial charge in [0, 0.05) is 23.8 Å². The predicted molar refractivity (Wildman–Crippen MR) is 104 cm³/mol. The van der Waals surface area contributed by atoms with E-state index in [1.807, 2.05) is 30.3 Å². The average molecular weight is 342 g/mol. The van der Waals surface area contributed by atoms with Crippen molar-refractivity contribution in [1.82, 2.24) is 19.9 Å². The van der Waals surface area contributed by atoms with Crippen LogP contribution in [0.15, 0.2) is 60.9 Å². The first kappa shape index (κ1) is 16.0. The normalized spacial score (nSPS) is 10.7. The lowest BCUT2D eigenvalue weighted by atomic mass is 10.1. The molecule has 0 aliphatic carbocycles. The lowest BCUT2D eigenvalue weighted by molar-refractivity contribution is 1.15. The molecule has 6 heteroatoms. The van der Waals surface area contributed by atoms with E-state index in [0.29, 0.717) is 22.9 Å². The Morgan fingerprint density at radius 3 is 2.23 bits per heavy atom. The number of nitrogens with one attached hydrogen (secondary N) is 2. The van der Waals surface area contributed by atoms with Crippen LogP contribution in [-0.2, 0) is 0 Å². The molecule has 2 N–H and O–H groups in total. The van der Waals surface area contributed by atoms with Gasteiger partial charge >= 0.3 is 0 Å². The van der Waals surface area contributed by atoms with Crippen LogP contribution in [0.5, 0.6) is 0 Å². The maximum absolute atomic E-state index is 4.61. The highest BCUT2D eigenvalue weighted by atomic mass is 15.2. The van der Waals surface area contributed by atoms with E-state index in [2.05, 4.69) is 62.6 Å². The van der Waals surface area contributed by atoms with E-state index < -0.39 is 0 Å². The van der Waals surface area contributed by atoms with Crippen molar-refractivity contribution in [2.75, 3.05) is 10.6 Å². The second-order valence-corrected chi connectivity index (χ2v) is 6.12. The molecule has 0 bridgehead atoms. The molecule has 0 aliphatic heterocycles. The standard InChI is InChI=1S/C20H18N6/c1-13-10-14(2)12-16(11-13)24-20-25-18-17(21-8-9-22-18)19(26-20)23-15-6-4-3-5-7-15/h3-12H,1-2H3,(H2,22,23,24,25,26). The van der Waals surface area contributed by atoms with E-state index in [1.165, 1.54) is 11.1 Å². The van der Waals surface area contributed by atoms with Gasteiger partial charge in [-0.15, -0.1) is 0 Å². The molecule has 0 atom stereocenters. The van der Waals surface area contributed by atoms with Crippen LogP contribution in [0.4, 0.5) is 23.1 Å². The highest BCUT2D eigenvalue weighted by Gasteiger charge is 2.11. The van der Waals surface area contributed by atoms with Gasteiger partial charge in [-0.05, 0) is 49.2 Å². The minimum Gasteiger partial charge on any atom is -0.338 e. The van der Waals surface area contributed by atoms with Crippen molar-refractivity contribution in [2.45, 2.75) is 13.8 Å². The van der Waals surface area contributed by atoms with Gasteiger partial charge in [-0.1, -0.05) is 24.3 Å². The van der Waals surface area contributed by atoms with E-state index in [9.17, 15) is 0 Å². The van der Waals surface area contributed by atoms with Gasteiger partial charge in [0.2, 0.25) is 5.95 Å². The third-order valence-corrected chi connectivity index (χ3v) is 3.85. The summed E-state index contributed by atoms with van der Waals surface area (Å²) in [5, 5.41) is 6.58. The molecule has 4 rings (SSSR count). The van der Waals surface area contributed by atoms with E-state index in [0.717, 1.165) is 11.4 Å². The Morgan fingerprint density at radius 2 is 1.46 bits per heavy atom. The molecule has 0 radical (unpaired) electrons. The van der Waals surface area contributed by atoms with Crippen molar-refractivity contribution < 1.29 is 0 Å². The van der Waals surface area contributed by atoms with Gasteiger partial charge in [0.1, 0.15) is 0 Å². The third-order valence-electron chi connectivity index (χ3n) is 3.85. The molecule has 0 spiro atoms. The van der Waals surface area contributed by atoms with Crippen LogP contribution in [0.25, 0.3) is 11.2 Å². The number of hydrogen-bond donors (Lipinski definition) is 2. The molecule has 4 aromatic rings. The molecular weight excluding hydrogens is 324 g/mol. The number of nitrogens with zero attached hydrogens (tertiary/aromatic N) is 4. The highest BCUT2D eigenvalue weighted by molar-refractivity contribution is 5.85. The van der Waals surface area contributed by atoms with Crippen LogP contribution in [0.2, 0.25) is 0 Å². The van der Waals surface area contributed by atoms with E-state index in [-0.39, 0.29) is 0 Å². The van der Waals surface area contributed by atoms with Gasteiger partial charge in [0.15, 0.2) is 17.0 Å². The summed E-state index contributed by atoms with van der Waals surface area (Å²) in [5.41, 5.74) is 5.38.